The third-order valence-electron chi connectivity index (χ3n) is 3.00. The van der Waals surface area contributed by atoms with Crippen LogP contribution in [0.1, 0.15) is 19.8 Å². The number of nitrogens with zero attached hydrogens (tertiary/aromatic N) is 2. The molecule has 2 N–H and O–H groups in total. The highest BCUT2D eigenvalue weighted by molar-refractivity contribution is 6.18. The lowest BCUT2D eigenvalue weighted by Crippen LogP contribution is -2.49. The van der Waals surface area contributed by atoms with Gasteiger partial charge in [0.05, 0.1) is 0 Å². The van der Waals surface area contributed by atoms with Gasteiger partial charge in [0.1, 0.15) is 11.4 Å². The van der Waals surface area contributed by atoms with Crippen molar-refractivity contribution in [3.8, 4) is 0 Å². The summed E-state index contributed by atoms with van der Waals surface area (Å²) in [4.78, 5) is 26.6. The molecule has 0 aromatic heterocycles. The summed E-state index contributed by atoms with van der Waals surface area (Å²) in [6.07, 6.45) is 5.37. The van der Waals surface area contributed by atoms with Crippen LogP contribution < -0.4 is 5.73 Å². The molecular formula is C11H15N3O2. The van der Waals surface area contributed by atoms with Crippen molar-refractivity contribution in [2.45, 2.75) is 25.8 Å². The molecular weight excluding hydrogens is 206 g/mol. The van der Waals surface area contributed by atoms with Gasteiger partial charge in [-0.15, -0.1) is 0 Å². The van der Waals surface area contributed by atoms with Gasteiger partial charge in [0.25, 0.3) is 11.8 Å². The third kappa shape index (κ3) is 1.48. The fourth-order valence-electron chi connectivity index (χ4n) is 2.14. The Balaban J connectivity index is 2.46. The van der Waals surface area contributed by atoms with E-state index < -0.39 is 5.91 Å². The Hall–Kier alpha value is -1.78. The summed E-state index contributed by atoms with van der Waals surface area (Å²) in [5.74, 6) is -0.119. The van der Waals surface area contributed by atoms with E-state index in [9.17, 15) is 9.59 Å². The fraction of sp³-hybridized carbons (Fsp3) is 0.455. The SMILES string of the molecule is CC1CCC=C2N(C)C=C(C(N)=O)C(=O)N21. The third-order valence-corrected chi connectivity index (χ3v) is 3.00. The summed E-state index contributed by atoms with van der Waals surface area (Å²) in [6, 6.07) is 0.109. The van der Waals surface area contributed by atoms with E-state index in [0.29, 0.717) is 0 Å². The number of rotatable bonds is 1. The molecule has 0 saturated carbocycles. The van der Waals surface area contributed by atoms with Crippen LogP contribution in [0.2, 0.25) is 0 Å². The highest BCUT2D eigenvalue weighted by atomic mass is 16.2. The van der Waals surface area contributed by atoms with Crippen molar-refractivity contribution in [1.82, 2.24) is 9.80 Å². The van der Waals surface area contributed by atoms with Crippen LogP contribution in [0, 0.1) is 0 Å². The van der Waals surface area contributed by atoms with E-state index in [1.165, 1.54) is 6.20 Å². The van der Waals surface area contributed by atoms with Gasteiger partial charge >= 0.3 is 0 Å². The highest BCUT2D eigenvalue weighted by Gasteiger charge is 2.35. The molecule has 1 atom stereocenters. The zero-order chi connectivity index (χ0) is 11.9. The summed E-state index contributed by atoms with van der Waals surface area (Å²) in [5.41, 5.74) is 5.24. The fourth-order valence-corrected chi connectivity index (χ4v) is 2.14. The van der Waals surface area contributed by atoms with Gasteiger partial charge in [0.15, 0.2) is 0 Å². The molecule has 0 aliphatic carbocycles. The Labute approximate surface area is 94.2 Å². The van der Waals surface area contributed by atoms with Gasteiger partial charge in [-0.3, -0.25) is 14.5 Å². The van der Waals surface area contributed by atoms with Crippen molar-refractivity contribution >= 4 is 11.8 Å². The Morgan fingerprint density at radius 1 is 1.56 bits per heavy atom. The second-order valence-corrected chi connectivity index (χ2v) is 4.18. The smallest absolute Gasteiger partial charge is 0.266 e. The first kappa shape index (κ1) is 10.7. The molecule has 1 unspecified atom stereocenters. The maximum absolute atomic E-state index is 12.0. The normalized spacial score (nSPS) is 24.9. The van der Waals surface area contributed by atoms with Gasteiger partial charge in [0.2, 0.25) is 0 Å². The molecule has 0 bridgehead atoms. The Morgan fingerprint density at radius 3 is 2.88 bits per heavy atom. The minimum absolute atomic E-state index is 0.0494. The van der Waals surface area contributed by atoms with Crippen LogP contribution in [0.5, 0.6) is 0 Å². The molecule has 2 amide bonds. The molecule has 16 heavy (non-hydrogen) atoms. The highest BCUT2D eigenvalue weighted by Crippen LogP contribution is 2.28. The number of nitrogens with two attached hydrogens (primary N) is 1. The van der Waals surface area contributed by atoms with Gasteiger partial charge in [-0.25, -0.2) is 0 Å². The number of hydrogen-bond donors (Lipinski definition) is 1. The van der Waals surface area contributed by atoms with E-state index in [2.05, 4.69) is 0 Å². The van der Waals surface area contributed by atoms with E-state index in [-0.39, 0.29) is 17.5 Å². The summed E-state index contributed by atoms with van der Waals surface area (Å²) in [5, 5.41) is 0. The number of fused-ring (bicyclic) bond motifs is 1. The molecule has 2 aliphatic heterocycles. The second-order valence-electron chi connectivity index (χ2n) is 4.18. The molecule has 2 rings (SSSR count). The topological polar surface area (TPSA) is 66.6 Å². The average Bonchev–Trinajstić information content (AvgIpc) is 2.22. The van der Waals surface area contributed by atoms with Crippen LogP contribution in [0.15, 0.2) is 23.7 Å². The number of amides is 2. The zero-order valence-electron chi connectivity index (χ0n) is 9.43. The number of allylic oxidation sites excluding steroid dienone is 1. The molecule has 0 saturated heterocycles. The summed E-state index contributed by atoms with van der Waals surface area (Å²) < 4.78 is 0. The van der Waals surface area contributed by atoms with E-state index in [1.54, 1.807) is 9.80 Å². The van der Waals surface area contributed by atoms with Crippen LogP contribution in [-0.2, 0) is 9.59 Å². The van der Waals surface area contributed by atoms with E-state index >= 15 is 0 Å². The average molecular weight is 221 g/mol. The minimum Gasteiger partial charge on any atom is -0.365 e. The minimum atomic E-state index is -0.673. The van der Waals surface area contributed by atoms with Crippen LogP contribution in [0.25, 0.3) is 0 Å². The summed E-state index contributed by atoms with van der Waals surface area (Å²) in [6.45, 7) is 1.97. The largest absolute Gasteiger partial charge is 0.365 e. The molecule has 2 aliphatic rings. The maximum atomic E-state index is 12.0. The van der Waals surface area contributed by atoms with Gasteiger partial charge in [-0.1, -0.05) is 0 Å². The van der Waals surface area contributed by atoms with Crippen LogP contribution in [-0.4, -0.2) is 34.7 Å². The lowest BCUT2D eigenvalue weighted by Gasteiger charge is -2.41. The predicted octanol–water partition coefficient (Wildman–Crippen LogP) is 0.153. The van der Waals surface area contributed by atoms with Crippen LogP contribution in [0.3, 0.4) is 0 Å². The lowest BCUT2D eigenvalue weighted by molar-refractivity contribution is -0.131. The van der Waals surface area contributed by atoms with Gasteiger partial charge in [-0.2, -0.15) is 0 Å². The Kier molecular flexibility index (Phi) is 2.46. The standard InChI is InChI=1S/C11H15N3O2/c1-7-4-3-5-9-13(2)6-8(10(12)15)11(16)14(7)9/h5-7H,3-4H2,1-2H3,(H2,12,15). The van der Waals surface area contributed by atoms with Crippen molar-refractivity contribution < 1.29 is 9.59 Å². The Bertz CT molecular complexity index is 411. The first-order valence-corrected chi connectivity index (χ1v) is 5.30. The van der Waals surface area contributed by atoms with Gasteiger partial charge in [-0.05, 0) is 25.8 Å². The van der Waals surface area contributed by atoms with Crippen molar-refractivity contribution in [3.63, 3.8) is 0 Å². The quantitative estimate of drug-likeness (QED) is 0.641. The molecule has 0 fully saturated rings. The predicted molar refractivity (Wildman–Crippen MR) is 58.7 cm³/mol. The lowest BCUT2D eigenvalue weighted by atomic mass is 10.0. The molecule has 5 heteroatoms. The first-order valence-electron chi connectivity index (χ1n) is 5.30. The molecule has 0 aromatic carbocycles. The monoisotopic (exact) mass is 221 g/mol. The van der Waals surface area contributed by atoms with Gasteiger partial charge in [0, 0.05) is 19.3 Å². The van der Waals surface area contributed by atoms with Crippen molar-refractivity contribution in [3.05, 3.63) is 23.7 Å². The van der Waals surface area contributed by atoms with Crippen molar-refractivity contribution in [1.29, 1.82) is 0 Å². The summed E-state index contributed by atoms with van der Waals surface area (Å²) >= 11 is 0. The molecule has 2 heterocycles. The molecule has 0 radical (unpaired) electrons. The zero-order valence-corrected chi connectivity index (χ0v) is 9.43. The number of carbonyl (C=O) groups excluding carboxylic acids is 2. The number of hydrogen-bond acceptors (Lipinski definition) is 3. The Morgan fingerprint density at radius 2 is 2.25 bits per heavy atom. The maximum Gasteiger partial charge on any atom is 0.266 e. The molecule has 86 valence electrons. The van der Waals surface area contributed by atoms with Crippen LogP contribution >= 0.6 is 0 Å². The van der Waals surface area contributed by atoms with Gasteiger partial charge < -0.3 is 10.6 Å². The molecule has 0 spiro atoms. The molecule has 5 nitrogen and oxygen atoms in total. The number of carbonyl (C=O) groups is 2. The summed E-state index contributed by atoms with van der Waals surface area (Å²) in [7, 11) is 1.81. The van der Waals surface area contributed by atoms with Crippen molar-refractivity contribution in [2.75, 3.05) is 7.05 Å². The number of primary amides is 1. The second kappa shape index (κ2) is 3.66. The first-order chi connectivity index (χ1) is 7.52. The van der Waals surface area contributed by atoms with E-state index in [4.69, 9.17) is 5.73 Å². The molecule has 0 aromatic rings. The van der Waals surface area contributed by atoms with E-state index in [1.807, 2.05) is 20.0 Å². The van der Waals surface area contributed by atoms with Crippen molar-refractivity contribution in [2.24, 2.45) is 5.73 Å². The van der Waals surface area contributed by atoms with E-state index in [0.717, 1.165) is 18.7 Å². The van der Waals surface area contributed by atoms with Crippen LogP contribution in [0.4, 0.5) is 0 Å².